The zero-order chi connectivity index (χ0) is 14.1. The molecule has 0 aliphatic carbocycles. The number of H-pyrrole nitrogens is 1. The van der Waals surface area contributed by atoms with Gasteiger partial charge in [-0.15, -0.1) is 0 Å². The Morgan fingerprint density at radius 3 is 2.65 bits per heavy atom. The summed E-state index contributed by atoms with van der Waals surface area (Å²) in [5.41, 5.74) is 1.69. The number of hydrogen-bond donors (Lipinski definition) is 1. The molecule has 0 bridgehead atoms. The lowest BCUT2D eigenvalue weighted by Crippen LogP contribution is -2.25. The number of hydrogen-bond acceptors (Lipinski definition) is 3. The SMILES string of the molecule is CC(c1ccncc1)n1c(=S)[nH]c2ccccc2c1=O. The van der Waals surface area contributed by atoms with Crippen LogP contribution >= 0.6 is 12.2 Å². The standard InChI is InChI=1S/C15H13N3OS/c1-10(11-6-8-16-9-7-11)18-14(19)12-4-2-3-5-13(12)17-15(18)20/h2-10H,1H3,(H,17,20). The third kappa shape index (κ3) is 2.06. The Kier molecular flexibility index (Phi) is 3.20. The first kappa shape index (κ1) is 12.7. The summed E-state index contributed by atoms with van der Waals surface area (Å²) in [6.07, 6.45) is 3.43. The zero-order valence-corrected chi connectivity index (χ0v) is 11.7. The predicted octanol–water partition coefficient (Wildman–Crippen LogP) is 3.06. The Labute approximate surface area is 120 Å². The number of aromatic amines is 1. The molecule has 2 heterocycles. The maximum absolute atomic E-state index is 12.6. The number of aromatic nitrogens is 3. The highest BCUT2D eigenvalue weighted by molar-refractivity contribution is 7.71. The number of rotatable bonds is 2. The largest absolute Gasteiger partial charge is 0.332 e. The first-order valence-electron chi connectivity index (χ1n) is 6.32. The molecule has 2 aromatic heterocycles. The van der Waals surface area contributed by atoms with Crippen molar-refractivity contribution in [2.45, 2.75) is 13.0 Å². The molecule has 1 N–H and O–H groups in total. The molecule has 20 heavy (non-hydrogen) atoms. The lowest BCUT2D eigenvalue weighted by molar-refractivity contribution is 0.599. The summed E-state index contributed by atoms with van der Waals surface area (Å²) in [7, 11) is 0. The van der Waals surface area contributed by atoms with Gasteiger partial charge < -0.3 is 4.98 Å². The molecular formula is C15H13N3OS. The summed E-state index contributed by atoms with van der Waals surface area (Å²) in [5, 5.41) is 0.641. The van der Waals surface area contributed by atoms with E-state index in [0.717, 1.165) is 11.1 Å². The molecule has 3 aromatic rings. The van der Waals surface area contributed by atoms with Gasteiger partial charge in [0.1, 0.15) is 0 Å². The topological polar surface area (TPSA) is 50.7 Å². The Bertz CT molecular complexity index is 867. The van der Waals surface area contributed by atoms with Crippen LogP contribution in [0.25, 0.3) is 10.9 Å². The van der Waals surface area contributed by atoms with Crippen LogP contribution in [0.5, 0.6) is 0 Å². The smallest absolute Gasteiger partial charge is 0.262 e. The van der Waals surface area contributed by atoms with Gasteiger partial charge in [0.2, 0.25) is 0 Å². The fraction of sp³-hybridized carbons (Fsp3) is 0.133. The average Bonchev–Trinajstić information content (AvgIpc) is 2.48. The van der Waals surface area contributed by atoms with Crippen molar-refractivity contribution < 1.29 is 0 Å². The minimum atomic E-state index is -0.140. The van der Waals surface area contributed by atoms with Crippen LogP contribution in [0.2, 0.25) is 0 Å². The van der Waals surface area contributed by atoms with Crippen LogP contribution in [0.3, 0.4) is 0 Å². The van der Waals surface area contributed by atoms with Crippen LogP contribution < -0.4 is 5.56 Å². The van der Waals surface area contributed by atoms with Crippen LogP contribution in [-0.2, 0) is 0 Å². The molecule has 3 rings (SSSR count). The van der Waals surface area contributed by atoms with Gasteiger partial charge in [0.25, 0.3) is 5.56 Å². The highest BCUT2D eigenvalue weighted by Crippen LogP contribution is 2.16. The van der Waals surface area contributed by atoms with E-state index in [1.54, 1.807) is 23.0 Å². The van der Waals surface area contributed by atoms with E-state index in [9.17, 15) is 4.79 Å². The molecule has 0 aliphatic rings. The van der Waals surface area contributed by atoms with E-state index in [1.807, 2.05) is 37.3 Å². The van der Waals surface area contributed by atoms with Crippen LogP contribution in [-0.4, -0.2) is 14.5 Å². The zero-order valence-electron chi connectivity index (χ0n) is 10.9. The molecule has 0 saturated carbocycles. The normalized spacial score (nSPS) is 12.4. The van der Waals surface area contributed by atoms with Gasteiger partial charge in [-0.25, -0.2) is 0 Å². The fourth-order valence-electron chi connectivity index (χ4n) is 2.32. The first-order chi connectivity index (χ1) is 9.68. The molecular weight excluding hydrogens is 270 g/mol. The second-order valence-electron chi connectivity index (χ2n) is 4.61. The van der Waals surface area contributed by atoms with Gasteiger partial charge in [-0.2, -0.15) is 0 Å². The molecule has 0 spiro atoms. The van der Waals surface area contributed by atoms with Gasteiger partial charge in [0.15, 0.2) is 4.77 Å². The quantitative estimate of drug-likeness (QED) is 0.735. The number of nitrogens with zero attached hydrogens (tertiary/aromatic N) is 2. The van der Waals surface area contributed by atoms with Crippen molar-refractivity contribution in [1.29, 1.82) is 0 Å². The van der Waals surface area contributed by atoms with E-state index in [-0.39, 0.29) is 11.6 Å². The number of para-hydroxylation sites is 1. The lowest BCUT2D eigenvalue weighted by atomic mass is 10.1. The van der Waals surface area contributed by atoms with Gasteiger partial charge in [-0.05, 0) is 49.0 Å². The summed E-state index contributed by atoms with van der Waals surface area (Å²) in [5.74, 6) is 0. The summed E-state index contributed by atoms with van der Waals surface area (Å²) < 4.78 is 2.03. The molecule has 1 aromatic carbocycles. The lowest BCUT2D eigenvalue weighted by Gasteiger charge is -2.16. The van der Waals surface area contributed by atoms with Crippen molar-refractivity contribution in [3.63, 3.8) is 0 Å². The Hall–Kier alpha value is -2.27. The molecule has 0 saturated heterocycles. The Morgan fingerprint density at radius 2 is 1.90 bits per heavy atom. The number of nitrogens with one attached hydrogen (secondary N) is 1. The van der Waals surface area contributed by atoms with E-state index in [0.29, 0.717) is 10.2 Å². The van der Waals surface area contributed by atoms with Gasteiger partial charge in [-0.3, -0.25) is 14.3 Å². The van der Waals surface area contributed by atoms with E-state index in [4.69, 9.17) is 12.2 Å². The molecule has 1 unspecified atom stereocenters. The Balaban J connectivity index is 2.27. The van der Waals surface area contributed by atoms with Crippen molar-refractivity contribution in [2.24, 2.45) is 0 Å². The van der Waals surface area contributed by atoms with E-state index in [2.05, 4.69) is 9.97 Å². The maximum Gasteiger partial charge on any atom is 0.262 e. The average molecular weight is 283 g/mol. The molecule has 100 valence electrons. The van der Waals surface area contributed by atoms with Crippen LogP contribution in [0.4, 0.5) is 0 Å². The minimum absolute atomic E-state index is 0.0753. The summed E-state index contributed by atoms with van der Waals surface area (Å²) >= 11 is 5.33. The van der Waals surface area contributed by atoms with Crippen molar-refractivity contribution >= 4 is 23.1 Å². The van der Waals surface area contributed by atoms with Gasteiger partial charge in [0.05, 0.1) is 16.9 Å². The highest BCUT2D eigenvalue weighted by atomic mass is 32.1. The van der Waals surface area contributed by atoms with E-state index in [1.165, 1.54) is 0 Å². The van der Waals surface area contributed by atoms with Crippen molar-refractivity contribution in [3.8, 4) is 0 Å². The van der Waals surface area contributed by atoms with Gasteiger partial charge in [-0.1, -0.05) is 12.1 Å². The van der Waals surface area contributed by atoms with E-state index >= 15 is 0 Å². The molecule has 0 aliphatic heterocycles. The predicted molar refractivity (Wildman–Crippen MR) is 81.4 cm³/mol. The van der Waals surface area contributed by atoms with Gasteiger partial charge in [0, 0.05) is 12.4 Å². The monoisotopic (exact) mass is 283 g/mol. The summed E-state index contributed by atoms with van der Waals surface area (Å²) in [6.45, 7) is 1.95. The molecule has 0 fully saturated rings. The fourth-order valence-corrected chi connectivity index (χ4v) is 2.67. The molecule has 4 nitrogen and oxygen atoms in total. The number of pyridine rings is 1. The summed E-state index contributed by atoms with van der Waals surface area (Å²) in [6, 6.07) is 11.0. The van der Waals surface area contributed by atoms with Crippen LogP contribution in [0.15, 0.2) is 53.6 Å². The maximum atomic E-state index is 12.6. The third-order valence-corrected chi connectivity index (χ3v) is 3.71. The number of benzene rings is 1. The van der Waals surface area contributed by atoms with Crippen LogP contribution in [0.1, 0.15) is 18.5 Å². The minimum Gasteiger partial charge on any atom is -0.332 e. The summed E-state index contributed by atoms with van der Waals surface area (Å²) in [4.78, 5) is 19.7. The molecule has 5 heteroatoms. The second kappa shape index (κ2) is 5.02. The van der Waals surface area contributed by atoms with Crippen molar-refractivity contribution in [2.75, 3.05) is 0 Å². The highest BCUT2D eigenvalue weighted by Gasteiger charge is 2.13. The third-order valence-electron chi connectivity index (χ3n) is 3.41. The van der Waals surface area contributed by atoms with Gasteiger partial charge >= 0.3 is 0 Å². The first-order valence-corrected chi connectivity index (χ1v) is 6.73. The Morgan fingerprint density at radius 1 is 1.20 bits per heavy atom. The molecule has 0 radical (unpaired) electrons. The number of fused-ring (bicyclic) bond motifs is 1. The van der Waals surface area contributed by atoms with Crippen LogP contribution in [0, 0.1) is 4.77 Å². The molecule has 1 atom stereocenters. The van der Waals surface area contributed by atoms with Crippen molar-refractivity contribution in [3.05, 3.63) is 69.5 Å². The van der Waals surface area contributed by atoms with E-state index < -0.39 is 0 Å². The second-order valence-corrected chi connectivity index (χ2v) is 4.99. The molecule has 0 amide bonds. The van der Waals surface area contributed by atoms with Crippen molar-refractivity contribution in [1.82, 2.24) is 14.5 Å².